The Morgan fingerprint density at radius 3 is 2.61 bits per heavy atom. The van der Waals surface area contributed by atoms with Gasteiger partial charge < -0.3 is 24.2 Å². The molecule has 0 aliphatic carbocycles. The summed E-state index contributed by atoms with van der Waals surface area (Å²) in [6.07, 6.45) is 6.02. The van der Waals surface area contributed by atoms with Crippen LogP contribution in [0.5, 0.6) is 11.5 Å². The number of nitrogens with zero attached hydrogens (tertiary/aromatic N) is 6. The van der Waals surface area contributed by atoms with E-state index in [1.807, 2.05) is 43.0 Å². The van der Waals surface area contributed by atoms with E-state index in [0.717, 1.165) is 85.3 Å². The molecule has 1 amide bonds. The number of hydrogen-bond donors (Lipinski definition) is 0. The number of methoxy groups -OCH3 is 1. The van der Waals surface area contributed by atoms with Crippen LogP contribution in [0.4, 0.5) is 5.69 Å². The third-order valence-electron chi connectivity index (χ3n) is 8.61. The third-order valence-corrected chi connectivity index (χ3v) is 8.61. The van der Waals surface area contributed by atoms with Crippen LogP contribution in [-0.2, 0) is 11.8 Å². The molecule has 2 fully saturated rings. The second-order valence-electron chi connectivity index (χ2n) is 11.6. The average molecular weight is 557 g/mol. The minimum Gasteiger partial charge on any atom is -0.492 e. The van der Waals surface area contributed by atoms with Crippen LogP contribution in [0, 0.1) is 23.7 Å². The highest BCUT2D eigenvalue weighted by atomic mass is 16.5. The Morgan fingerprint density at radius 1 is 1.24 bits per heavy atom. The number of benzene rings is 2. The molecule has 5 rings (SSSR count). The van der Waals surface area contributed by atoms with Gasteiger partial charge in [0.2, 0.25) is 5.91 Å². The van der Waals surface area contributed by atoms with Gasteiger partial charge in [0, 0.05) is 67.8 Å². The Bertz CT molecular complexity index is 1500. The maximum Gasteiger partial charge on any atom is 0.245 e. The summed E-state index contributed by atoms with van der Waals surface area (Å²) >= 11 is 0. The predicted molar refractivity (Wildman–Crippen MR) is 161 cm³/mol. The van der Waals surface area contributed by atoms with Gasteiger partial charge in [0.1, 0.15) is 6.07 Å². The standard InChI is InChI=1S/C32H40N6O3/c1-7-27(39)38-20-32(21-38)11-14-37(15-12-32)25-17-26(41-16-8-13-35(3)4)31(40-6)29(24(25)18-33)28-22(2)9-10-23-19-34-36(5)30(23)28/h7,9-10,17,19H,1,8,11-16,20-21H2,2-6H3. The van der Waals surface area contributed by atoms with E-state index in [-0.39, 0.29) is 11.3 Å². The van der Waals surface area contributed by atoms with Gasteiger partial charge in [-0.2, -0.15) is 10.4 Å². The molecule has 0 unspecified atom stereocenters. The van der Waals surface area contributed by atoms with E-state index >= 15 is 0 Å². The number of ether oxygens (including phenoxy) is 2. The van der Waals surface area contributed by atoms with Crippen molar-refractivity contribution < 1.29 is 14.3 Å². The third kappa shape index (κ3) is 5.24. The number of nitriles is 1. The highest BCUT2D eigenvalue weighted by molar-refractivity contribution is 6.01. The van der Waals surface area contributed by atoms with E-state index in [0.29, 0.717) is 23.7 Å². The summed E-state index contributed by atoms with van der Waals surface area (Å²) in [6, 6.07) is 8.67. The molecule has 2 aliphatic heterocycles. The lowest BCUT2D eigenvalue weighted by Crippen LogP contribution is -2.61. The molecule has 0 atom stereocenters. The fraction of sp³-hybridized carbons (Fsp3) is 0.469. The van der Waals surface area contributed by atoms with Gasteiger partial charge in [-0.1, -0.05) is 18.7 Å². The fourth-order valence-electron chi connectivity index (χ4n) is 6.37. The van der Waals surface area contributed by atoms with E-state index < -0.39 is 0 Å². The maximum atomic E-state index is 12.1. The molecule has 2 saturated heterocycles. The summed E-state index contributed by atoms with van der Waals surface area (Å²) in [5.41, 5.74) is 5.24. The van der Waals surface area contributed by atoms with Crippen molar-refractivity contribution in [2.24, 2.45) is 12.5 Å². The molecule has 41 heavy (non-hydrogen) atoms. The lowest BCUT2D eigenvalue weighted by atomic mass is 9.71. The van der Waals surface area contributed by atoms with Crippen LogP contribution in [0.1, 0.15) is 30.4 Å². The number of rotatable bonds is 9. The van der Waals surface area contributed by atoms with Crippen LogP contribution in [0.3, 0.4) is 0 Å². The molecular weight excluding hydrogens is 516 g/mol. The topological polar surface area (TPSA) is 86.9 Å². The molecule has 216 valence electrons. The number of carbonyl (C=O) groups is 1. The van der Waals surface area contributed by atoms with Gasteiger partial charge in [-0.15, -0.1) is 0 Å². The van der Waals surface area contributed by atoms with Crippen molar-refractivity contribution in [2.75, 3.05) is 65.4 Å². The minimum absolute atomic E-state index is 0.000357. The van der Waals surface area contributed by atoms with E-state index in [4.69, 9.17) is 9.47 Å². The number of anilines is 1. The van der Waals surface area contributed by atoms with Crippen molar-refractivity contribution >= 4 is 22.5 Å². The first-order chi connectivity index (χ1) is 19.7. The maximum absolute atomic E-state index is 12.1. The van der Waals surface area contributed by atoms with Gasteiger partial charge in [0.15, 0.2) is 11.5 Å². The van der Waals surface area contributed by atoms with Gasteiger partial charge >= 0.3 is 0 Å². The van der Waals surface area contributed by atoms with Crippen molar-refractivity contribution in [2.45, 2.75) is 26.2 Å². The molecule has 1 spiro atoms. The molecule has 1 aromatic heterocycles. The lowest BCUT2D eigenvalue weighted by Gasteiger charge is -2.54. The Balaban J connectivity index is 1.58. The summed E-state index contributed by atoms with van der Waals surface area (Å²) in [7, 11) is 7.67. The van der Waals surface area contributed by atoms with Crippen LogP contribution in [-0.4, -0.2) is 86.0 Å². The fourth-order valence-corrected chi connectivity index (χ4v) is 6.37. The zero-order valence-corrected chi connectivity index (χ0v) is 24.9. The summed E-state index contributed by atoms with van der Waals surface area (Å²) < 4.78 is 14.3. The molecule has 9 heteroatoms. The Kier molecular flexibility index (Phi) is 7.96. The predicted octanol–water partition coefficient (Wildman–Crippen LogP) is 4.37. The van der Waals surface area contributed by atoms with Crippen molar-refractivity contribution in [3.8, 4) is 28.7 Å². The lowest BCUT2D eigenvalue weighted by molar-refractivity contribution is -0.139. The summed E-state index contributed by atoms with van der Waals surface area (Å²) in [5, 5.41) is 16.2. The van der Waals surface area contributed by atoms with Gasteiger partial charge in [-0.25, -0.2) is 0 Å². The first kappa shape index (κ1) is 28.5. The monoisotopic (exact) mass is 556 g/mol. The Labute approximate surface area is 242 Å². The van der Waals surface area contributed by atoms with Crippen molar-refractivity contribution in [3.63, 3.8) is 0 Å². The largest absolute Gasteiger partial charge is 0.492 e. The van der Waals surface area contributed by atoms with Crippen molar-refractivity contribution in [1.82, 2.24) is 19.6 Å². The molecule has 3 aromatic rings. The second-order valence-corrected chi connectivity index (χ2v) is 11.6. The highest BCUT2D eigenvalue weighted by Gasteiger charge is 2.46. The van der Waals surface area contributed by atoms with E-state index in [9.17, 15) is 10.1 Å². The van der Waals surface area contributed by atoms with Crippen molar-refractivity contribution in [1.29, 1.82) is 5.26 Å². The Hall–Kier alpha value is -4.03. The normalized spacial score (nSPS) is 16.1. The number of fused-ring (bicyclic) bond motifs is 1. The second kappa shape index (κ2) is 11.5. The highest BCUT2D eigenvalue weighted by Crippen LogP contribution is 2.50. The number of hydrogen-bond acceptors (Lipinski definition) is 7. The van der Waals surface area contributed by atoms with Gasteiger partial charge in [-0.05, 0) is 51.9 Å². The number of carbonyl (C=O) groups excluding carboxylic acids is 1. The van der Waals surface area contributed by atoms with Crippen LogP contribution in [0.2, 0.25) is 0 Å². The SMILES string of the molecule is C=CC(=O)N1CC2(CCN(c3cc(OCCCN(C)C)c(OC)c(-c4c(C)ccc5cnn(C)c45)c3C#N)CC2)C1. The minimum atomic E-state index is 0.000357. The number of aryl methyl sites for hydroxylation is 2. The van der Waals surface area contributed by atoms with E-state index in [1.165, 1.54) is 6.08 Å². The number of amides is 1. The molecule has 9 nitrogen and oxygen atoms in total. The first-order valence-electron chi connectivity index (χ1n) is 14.2. The summed E-state index contributed by atoms with van der Waals surface area (Å²) in [6.45, 7) is 10.3. The Morgan fingerprint density at radius 2 is 1.98 bits per heavy atom. The van der Waals surface area contributed by atoms with Crippen molar-refractivity contribution in [3.05, 3.63) is 48.2 Å². The molecule has 2 aromatic carbocycles. The van der Waals surface area contributed by atoms with Gasteiger partial charge in [0.25, 0.3) is 0 Å². The van der Waals surface area contributed by atoms with Crippen LogP contribution in [0.15, 0.2) is 37.1 Å². The molecule has 3 heterocycles. The summed E-state index contributed by atoms with van der Waals surface area (Å²) in [5.74, 6) is 1.21. The van der Waals surface area contributed by atoms with E-state index in [1.54, 1.807) is 7.11 Å². The molecular formula is C32H40N6O3. The molecule has 2 aliphatic rings. The number of aromatic nitrogens is 2. The summed E-state index contributed by atoms with van der Waals surface area (Å²) in [4.78, 5) is 18.4. The molecule has 0 bridgehead atoms. The average Bonchev–Trinajstić information content (AvgIpc) is 3.33. The van der Waals surface area contributed by atoms with E-state index in [2.05, 4.69) is 46.6 Å². The molecule has 0 radical (unpaired) electrons. The van der Waals surface area contributed by atoms with Gasteiger partial charge in [0.05, 0.1) is 36.7 Å². The molecule has 0 N–H and O–H groups in total. The van der Waals surface area contributed by atoms with Gasteiger partial charge in [-0.3, -0.25) is 9.48 Å². The van der Waals surface area contributed by atoms with Crippen LogP contribution in [0.25, 0.3) is 22.0 Å². The molecule has 0 saturated carbocycles. The first-order valence-corrected chi connectivity index (χ1v) is 14.2. The van der Waals surface area contributed by atoms with Crippen LogP contribution >= 0.6 is 0 Å². The van der Waals surface area contributed by atoms with Crippen LogP contribution < -0.4 is 14.4 Å². The zero-order chi connectivity index (χ0) is 29.3. The number of likely N-dealkylation sites (tertiary alicyclic amines) is 1. The smallest absolute Gasteiger partial charge is 0.245 e. The quantitative estimate of drug-likeness (QED) is 0.286. The number of piperidine rings is 1. The zero-order valence-electron chi connectivity index (χ0n) is 24.9.